The van der Waals surface area contributed by atoms with Crippen LogP contribution in [-0.2, 0) is 0 Å². The van der Waals surface area contributed by atoms with Crippen LogP contribution < -0.4 is 0 Å². The van der Waals surface area contributed by atoms with Crippen LogP contribution in [0.15, 0.2) is 24.9 Å². The molecule has 0 bridgehead atoms. The maximum absolute atomic E-state index is 10.9. The van der Waals surface area contributed by atoms with Crippen molar-refractivity contribution in [1.82, 2.24) is 4.98 Å². The Labute approximate surface area is 80.7 Å². The fourth-order valence-corrected chi connectivity index (χ4v) is 0.829. The molecule has 0 radical (unpaired) electrons. The molecule has 0 saturated carbocycles. The van der Waals surface area contributed by atoms with Crippen LogP contribution in [0.4, 0.5) is 0 Å². The van der Waals surface area contributed by atoms with Gasteiger partial charge >= 0.3 is 0 Å². The van der Waals surface area contributed by atoms with Crippen molar-refractivity contribution in [2.75, 3.05) is 0 Å². The number of nitriles is 2. The van der Waals surface area contributed by atoms with Gasteiger partial charge in [0.2, 0.25) is 0 Å². The molecule has 14 heavy (non-hydrogen) atoms. The molecule has 0 atom stereocenters. The Balaban J connectivity index is 3.03. The zero-order valence-electron chi connectivity index (χ0n) is 7.19. The van der Waals surface area contributed by atoms with Gasteiger partial charge in [0, 0.05) is 11.8 Å². The van der Waals surface area contributed by atoms with Crippen molar-refractivity contribution >= 4 is 11.4 Å². The van der Waals surface area contributed by atoms with Crippen molar-refractivity contribution in [3.8, 4) is 12.1 Å². The molecule has 0 N–H and O–H groups in total. The van der Waals surface area contributed by atoms with Crippen LogP contribution >= 0.6 is 0 Å². The minimum Gasteiger partial charge on any atom is -0.275 e. The van der Waals surface area contributed by atoms with E-state index < -0.39 is 5.78 Å². The third-order valence-electron chi connectivity index (χ3n) is 1.58. The van der Waals surface area contributed by atoms with E-state index in [4.69, 9.17) is 10.5 Å². The van der Waals surface area contributed by atoms with Gasteiger partial charge in [0.15, 0.2) is 0 Å². The lowest BCUT2D eigenvalue weighted by Gasteiger charge is -1.96. The molecule has 1 heterocycles. The largest absolute Gasteiger partial charge is 0.280 e. The van der Waals surface area contributed by atoms with Crippen molar-refractivity contribution in [2.45, 2.75) is 0 Å². The van der Waals surface area contributed by atoms with Crippen LogP contribution in [0.2, 0.25) is 0 Å². The Hall–Kier alpha value is -2.46. The third-order valence-corrected chi connectivity index (χ3v) is 1.58. The maximum Gasteiger partial charge on any atom is 0.280 e. The molecular formula is C10H5N3O. The van der Waals surface area contributed by atoms with Crippen LogP contribution in [0.3, 0.4) is 0 Å². The number of carbonyl (C=O) groups excluding carboxylic acids is 1. The van der Waals surface area contributed by atoms with E-state index in [9.17, 15) is 4.79 Å². The number of ketones is 1. The summed E-state index contributed by atoms with van der Waals surface area (Å²) in [4.78, 5) is 14.6. The van der Waals surface area contributed by atoms with E-state index in [0.717, 1.165) is 0 Å². The van der Waals surface area contributed by atoms with Crippen LogP contribution in [-0.4, -0.2) is 10.8 Å². The highest BCUT2D eigenvalue weighted by atomic mass is 16.1. The smallest absolute Gasteiger partial charge is 0.275 e. The lowest BCUT2D eigenvalue weighted by molar-refractivity contribution is 0.105. The minimum atomic E-state index is -0.695. The van der Waals surface area contributed by atoms with Gasteiger partial charge in [-0.2, -0.15) is 10.5 Å². The van der Waals surface area contributed by atoms with Gasteiger partial charge in [-0.25, -0.2) is 0 Å². The second-order valence-electron chi connectivity index (χ2n) is 2.46. The van der Waals surface area contributed by atoms with Gasteiger partial charge in [0.25, 0.3) is 5.78 Å². The lowest BCUT2D eigenvalue weighted by Crippen LogP contribution is -1.98. The number of aromatic nitrogens is 1. The summed E-state index contributed by atoms with van der Waals surface area (Å²) in [5.41, 5.74) is 0.887. The highest BCUT2D eigenvalue weighted by Crippen LogP contribution is 2.09. The predicted octanol–water partition coefficient (Wildman–Crippen LogP) is 1.32. The molecule has 0 aliphatic rings. The summed E-state index contributed by atoms with van der Waals surface area (Å²) in [5, 5.41) is 16.8. The van der Waals surface area contributed by atoms with E-state index in [0.29, 0.717) is 5.56 Å². The topological polar surface area (TPSA) is 77.5 Å². The van der Waals surface area contributed by atoms with Gasteiger partial charge in [-0.15, -0.1) is 0 Å². The number of carbonyl (C=O) groups is 1. The van der Waals surface area contributed by atoms with Crippen molar-refractivity contribution in [3.05, 3.63) is 36.2 Å². The van der Waals surface area contributed by atoms with Gasteiger partial charge in [-0.1, -0.05) is 6.58 Å². The molecule has 66 valence electrons. The number of Topliss-reactive ketones (excluding diaryl/α,β-unsaturated/α-hetero) is 1. The average Bonchev–Trinajstić information content (AvgIpc) is 2.27. The molecule has 4 nitrogen and oxygen atoms in total. The molecule has 1 aromatic rings. The highest BCUT2D eigenvalue weighted by molar-refractivity contribution is 6.06. The summed E-state index contributed by atoms with van der Waals surface area (Å²) >= 11 is 0. The predicted molar refractivity (Wildman–Crippen MR) is 48.8 cm³/mol. The monoisotopic (exact) mass is 183 g/mol. The standard InChI is InChI=1S/C10H5N3O/c1-7(4-11)8-2-3-9(13-6-8)10(14)5-12/h2-3,6H,1H2. The molecule has 4 heteroatoms. The second kappa shape index (κ2) is 3.97. The van der Waals surface area contributed by atoms with E-state index in [-0.39, 0.29) is 11.3 Å². The van der Waals surface area contributed by atoms with E-state index >= 15 is 0 Å². The van der Waals surface area contributed by atoms with Gasteiger partial charge in [0.05, 0.1) is 11.6 Å². The number of hydrogen-bond acceptors (Lipinski definition) is 4. The first kappa shape index (κ1) is 9.63. The molecule has 1 rings (SSSR count). The Morgan fingerprint density at radius 3 is 2.50 bits per heavy atom. The number of pyridine rings is 1. The molecule has 0 aromatic carbocycles. The average molecular weight is 183 g/mol. The Bertz CT molecular complexity index is 415. The summed E-state index contributed by atoms with van der Waals surface area (Å²) in [6, 6.07) is 6.24. The zero-order chi connectivity index (χ0) is 10.6. The third kappa shape index (κ3) is 1.82. The normalized spacial score (nSPS) is 8.43. The number of nitrogens with zero attached hydrogens (tertiary/aromatic N) is 3. The Morgan fingerprint density at radius 2 is 2.07 bits per heavy atom. The first-order chi connectivity index (χ1) is 6.69. The Kier molecular flexibility index (Phi) is 2.73. The highest BCUT2D eigenvalue weighted by Gasteiger charge is 2.05. The van der Waals surface area contributed by atoms with E-state index in [1.165, 1.54) is 24.4 Å². The van der Waals surface area contributed by atoms with E-state index in [1.807, 2.05) is 6.07 Å². The summed E-state index contributed by atoms with van der Waals surface area (Å²) in [6.07, 6.45) is 1.34. The van der Waals surface area contributed by atoms with Crippen LogP contribution in [0.25, 0.3) is 5.57 Å². The van der Waals surface area contributed by atoms with Crippen molar-refractivity contribution < 1.29 is 4.79 Å². The van der Waals surface area contributed by atoms with Crippen molar-refractivity contribution in [3.63, 3.8) is 0 Å². The molecular weight excluding hydrogens is 178 g/mol. The van der Waals surface area contributed by atoms with Crippen molar-refractivity contribution in [1.29, 1.82) is 10.5 Å². The van der Waals surface area contributed by atoms with Crippen LogP contribution in [0.5, 0.6) is 0 Å². The van der Waals surface area contributed by atoms with Crippen LogP contribution in [0.1, 0.15) is 16.1 Å². The summed E-state index contributed by atoms with van der Waals surface area (Å²) in [7, 11) is 0. The molecule has 0 saturated heterocycles. The molecule has 0 spiro atoms. The molecule has 0 amide bonds. The SMILES string of the molecule is C=C(C#N)c1ccc(C(=O)C#N)nc1. The lowest BCUT2D eigenvalue weighted by atomic mass is 10.1. The summed E-state index contributed by atoms with van der Waals surface area (Å²) < 4.78 is 0. The number of hydrogen-bond donors (Lipinski definition) is 0. The van der Waals surface area contributed by atoms with Crippen LogP contribution in [0, 0.1) is 22.7 Å². The molecule has 0 aliphatic carbocycles. The van der Waals surface area contributed by atoms with Crippen molar-refractivity contribution in [2.24, 2.45) is 0 Å². The van der Waals surface area contributed by atoms with Gasteiger partial charge < -0.3 is 0 Å². The first-order valence-corrected chi connectivity index (χ1v) is 3.69. The van der Waals surface area contributed by atoms with Gasteiger partial charge in [-0.05, 0) is 12.1 Å². The summed E-state index contributed by atoms with van der Waals surface area (Å²) in [6.45, 7) is 3.49. The fraction of sp³-hybridized carbons (Fsp3) is 0. The quantitative estimate of drug-likeness (QED) is 0.393. The molecule has 0 aliphatic heterocycles. The second-order valence-corrected chi connectivity index (χ2v) is 2.46. The minimum absolute atomic E-state index is 0.0713. The fourth-order valence-electron chi connectivity index (χ4n) is 0.829. The summed E-state index contributed by atoms with van der Waals surface area (Å²) in [5.74, 6) is -0.695. The number of allylic oxidation sites excluding steroid dienone is 1. The Morgan fingerprint density at radius 1 is 1.36 bits per heavy atom. The number of rotatable bonds is 2. The van der Waals surface area contributed by atoms with E-state index in [2.05, 4.69) is 11.6 Å². The molecule has 1 aromatic heterocycles. The molecule has 0 fully saturated rings. The maximum atomic E-state index is 10.9. The van der Waals surface area contributed by atoms with E-state index in [1.54, 1.807) is 0 Å². The first-order valence-electron chi connectivity index (χ1n) is 3.69. The van der Waals surface area contributed by atoms with Gasteiger partial charge in [-0.3, -0.25) is 9.78 Å². The molecule has 0 unspecified atom stereocenters. The zero-order valence-corrected chi connectivity index (χ0v) is 7.19. The van der Waals surface area contributed by atoms with Gasteiger partial charge in [0.1, 0.15) is 11.8 Å².